The van der Waals surface area contributed by atoms with Crippen molar-refractivity contribution in [2.45, 2.75) is 4.75 Å². The molecule has 0 amide bonds. The molecule has 0 aliphatic heterocycles. The summed E-state index contributed by atoms with van der Waals surface area (Å²) in [6.45, 7) is 0. The number of benzene rings is 3. The van der Waals surface area contributed by atoms with Gasteiger partial charge in [-0.2, -0.15) is 8.42 Å². The van der Waals surface area contributed by atoms with Crippen molar-refractivity contribution in [1.29, 1.82) is 0 Å². The van der Waals surface area contributed by atoms with Crippen LogP contribution in [0, 0.1) is 0 Å². The summed E-state index contributed by atoms with van der Waals surface area (Å²) in [6.07, 6.45) is 0. The Balaban J connectivity index is 2.59. The number of hydrogen-bond acceptors (Lipinski definition) is 4. The summed E-state index contributed by atoms with van der Waals surface area (Å²) in [6, 6.07) is 12.0. The van der Waals surface area contributed by atoms with E-state index in [2.05, 4.69) is 0 Å². The molecular weight excluding hydrogens is 482 g/mol. The molecular formula is C19H12Cl4O5S. The summed E-state index contributed by atoms with van der Waals surface area (Å²) >= 11 is 24.2. The van der Waals surface area contributed by atoms with E-state index in [1.165, 1.54) is 42.5 Å². The molecule has 0 aliphatic carbocycles. The van der Waals surface area contributed by atoms with E-state index < -0.39 is 25.6 Å². The molecule has 0 heterocycles. The highest BCUT2D eigenvalue weighted by Gasteiger charge is 2.50. The number of halogens is 4. The molecule has 0 radical (unpaired) electrons. The second kappa shape index (κ2) is 7.87. The lowest BCUT2D eigenvalue weighted by Gasteiger charge is -2.33. The minimum Gasteiger partial charge on any atom is -0.508 e. The van der Waals surface area contributed by atoms with Crippen LogP contribution < -0.4 is 0 Å². The smallest absolute Gasteiger partial charge is 0.283 e. The van der Waals surface area contributed by atoms with E-state index in [0.717, 1.165) is 12.1 Å². The van der Waals surface area contributed by atoms with Gasteiger partial charge in [0.2, 0.25) is 0 Å². The van der Waals surface area contributed by atoms with Crippen molar-refractivity contribution in [2.75, 3.05) is 0 Å². The third-order valence-electron chi connectivity index (χ3n) is 4.40. The van der Waals surface area contributed by atoms with Gasteiger partial charge in [-0.15, -0.1) is 0 Å². The summed E-state index contributed by atoms with van der Waals surface area (Å²) < 4.78 is 34.0. The van der Waals surface area contributed by atoms with Gasteiger partial charge < -0.3 is 10.2 Å². The van der Waals surface area contributed by atoms with Gasteiger partial charge in [-0.05, 0) is 41.5 Å². The molecule has 3 aromatic rings. The van der Waals surface area contributed by atoms with Crippen LogP contribution in [0.1, 0.15) is 16.7 Å². The van der Waals surface area contributed by atoms with Crippen molar-refractivity contribution in [2.24, 2.45) is 0 Å². The van der Waals surface area contributed by atoms with Crippen LogP contribution in [-0.4, -0.2) is 23.2 Å². The van der Waals surface area contributed by atoms with Crippen LogP contribution in [0.4, 0.5) is 0 Å². The van der Waals surface area contributed by atoms with Crippen molar-refractivity contribution < 1.29 is 23.2 Å². The standard InChI is InChI=1S/C19H12Cl4O5S/c20-12-6-4-10(5-7-12)19(29(26,27)28,11-2-1-3-13(24)8-11)14-9-15(21)17(23)18(25)16(14)22/h1-9,24-25H,(H,26,27,28). The maximum Gasteiger partial charge on any atom is 0.283 e. The van der Waals surface area contributed by atoms with Gasteiger partial charge in [0, 0.05) is 10.6 Å². The molecule has 0 saturated heterocycles. The summed E-state index contributed by atoms with van der Waals surface area (Å²) in [4.78, 5) is 0. The molecule has 5 nitrogen and oxygen atoms in total. The van der Waals surface area contributed by atoms with Crippen LogP contribution in [0.2, 0.25) is 20.1 Å². The fourth-order valence-corrected chi connectivity index (χ4v) is 5.34. The molecule has 0 spiro atoms. The van der Waals surface area contributed by atoms with Crippen LogP contribution in [0.3, 0.4) is 0 Å². The van der Waals surface area contributed by atoms with E-state index in [1.54, 1.807) is 0 Å². The van der Waals surface area contributed by atoms with E-state index in [4.69, 9.17) is 46.4 Å². The summed E-state index contributed by atoms with van der Waals surface area (Å²) in [7, 11) is -5.04. The van der Waals surface area contributed by atoms with Gasteiger partial charge in [0.1, 0.15) is 10.8 Å². The van der Waals surface area contributed by atoms with E-state index in [1.807, 2.05) is 0 Å². The Labute approximate surface area is 186 Å². The van der Waals surface area contributed by atoms with E-state index >= 15 is 0 Å². The van der Waals surface area contributed by atoms with Gasteiger partial charge in [-0.1, -0.05) is 70.7 Å². The second-order valence-corrected chi connectivity index (χ2v) is 9.26. The van der Waals surface area contributed by atoms with Crippen molar-refractivity contribution in [3.05, 3.63) is 91.4 Å². The Morgan fingerprint density at radius 1 is 0.793 bits per heavy atom. The summed E-state index contributed by atoms with van der Waals surface area (Å²) in [5.74, 6) is -0.914. The first-order valence-electron chi connectivity index (χ1n) is 7.89. The number of hydrogen-bond donors (Lipinski definition) is 3. The predicted molar refractivity (Wildman–Crippen MR) is 114 cm³/mol. The van der Waals surface area contributed by atoms with Gasteiger partial charge in [-0.25, -0.2) is 0 Å². The van der Waals surface area contributed by atoms with E-state index in [-0.39, 0.29) is 32.5 Å². The Morgan fingerprint density at radius 2 is 1.41 bits per heavy atom. The fourth-order valence-electron chi connectivity index (χ4n) is 3.17. The Bertz CT molecular complexity index is 1200. The molecule has 1 atom stereocenters. The Kier molecular flexibility index (Phi) is 5.98. The topological polar surface area (TPSA) is 94.8 Å². The highest BCUT2D eigenvalue weighted by atomic mass is 35.5. The molecule has 3 N–H and O–H groups in total. The maximum atomic E-state index is 12.9. The van der Waals surface area contributed by atoms with Crippen molar-refractivity contribution in [3.8, 4) is 11.5 Å². The molecule has 0 aliphatic rings. The molecule has 10 heteroatoms. The normalized spacial score (nSPS) is 13.8. The molecule has 29 heavy (non-hydrogen) atoms. The van der Waals surface area contributed by atoms with Gasteiger partial charge >= 0.3 is 0 Å². The zero-order chi connectivity index (χ0) is 21.6. The second-order valence-electron chi connectivity index (χ2n) is 6.10. The average Bonchev–Trinajstić information content (AvgIpc) is 2.65. The third kappa shape index (κ3) is 3.65. The maximum absolute atomic E-state index is 12.9. The molecule has 0 aromatic heterocycles. The quantitative estimate of drug-likeness (QED) is 0.239. The van der Waals surface area contributed by atoms with Crippen LogP contribution in [0.25, 0.3) is 0 Å². The van der Waals surface area contributed by atoms with E-state index in [9.17, 15) is 23.2 Å². The monoisotopic (exact) mass is 492 g/mol. The molecule has 152 valence electrons. The third-order valence-corrected chi connectivity index (χ3v) is 7.28. The van der Waals surface area contributed by atoms with Crippen LogP contribution in [0.5, 0.6) is 11.5 Å². The Morgan fingerprint density at radius 3 is 1.97 bits per heavy atom. The molecule has 0 saturated carbocycles. The summed E-state index contributed by atoms with van der Waals surface area (Å²) in [5.41, 5.74) is -0.279. The molecule has 3 aromatic carbocycles. The van der Waals surface area contributed by atoms with Crippen LogP contribution in [-0.2, 0) is 14.9 Å². The lowest BCUT2D eigenvalue weighted by atomic mass is 9.83. The lowest BCUT2D eigenvalue weighted by Crippen LogP contribution is -2.38. The van der Waals surface area contributed by atoms with E-state index in [0.29, 0.717) is 5.02 Å². The number of phenols is 2. The first-order chi connectivity index (χ1) is 13.5. The van der Waals surface area contributed by atoms with Crippen LogP contribution in [0.15, 0.2) is 54.6 Å². The number of phenolic OH excluding ortho intramolecular Hbond substituents is 2. The van der Waals surface area contributed by atoms with Gasteiger partial charge in [-0.3, -0.25) is 4.55 Å². The number of rotatable bonds is 4. The molecule has 0 bridgehead atoms. The van der Waals surface area contributed by atoms with Crippen molar-refractivity contribution in [3.63, 3.8) is 0 Å². The highest BCUT2D eigenvalue weighted by Crippen LogP contribution is 2.51. The summed E-state index contributed by atoms with van der Waals surface area (Å²) in [5, 5.41) is 19.7. The first-order valence-corrected chi connectivity index (χ1v) is 10.8. The predicted octanol–water partition coefficient (Wildman–Crippen LogP) is 5.89. The first kappa shape index (κ1) is 22.0. The zero-order valence-electron chi connectivity index (χ0n) is 14.3. The van der Waals surface area contributed by atoms with Crippen molar-refractivity contribution >= 4 is 56.5 Å². The largest absolute Gasteiger partial charge is 0.508 e. The minimum atomic E-state index is -5.04. The van der Waals surface area contributed by atoms with Crippen LogP contribution >= 0.6 is 46.4 Å². The minimum absolute atomic E-state index is 0.0367. The molecule has 3 rings (SSSR count). The van der Waals surface area contributed by atoms with Gasteiger partial charge in [0.05, 0.1) is 10.0 Å². The van der Waals surface area contributed by atoms with Gasteiger partial charge in [0.15, 0.2) is 10.5 Å². The van der Waals surface area contributed by atoms with Gasteiger partial charge in [0.25, 0.3) is 10.1 Å². The molecule has 1 unspecified atom stereocenters. The molecule has 0 fully saturated rings. The van der Waals surface area contributed by atoms with Crippen molar-refractivity contribution in [1.82, 2.24) is 0 Å². The Hall–Kier alpha value is -1.67. The zero-order valence-corrected chi connectivity index (χ0v) is 18.1. The lowest BCUT2D eigenvalue weighted by molar-refractivity contribution is 0.455. The average molecular weight is 494 g/mol. The highest BCUT2D eigenvalue weighted by molar-refractivity contribution is 7.87. The SMILES string of the molecule is O=S(=O)(O)C(c1ccc(Cl)cc1)(c1cccc(O)c1)c1cc(Cl)c(Cl)c(O)c1Cl. The number of aromatic hydroxyl groups is 2. The fraction of sp³-hybridized carbons (Fsp3) is 0.0526.